The molecule has 106 valence electrons. The number of pyridine rings is 1. The van der Waals surface area contributed by atoms with Crippen molar-refractivity contribution in [1.29, 1.82) is 0 Å². The van der Waals surface area contributed by atoms with Crippen molar-refractivity contribution >= 4 is 26.8 Å². The van der Waals surface area contributed by atoms with Gasteiger partial charge in [-0.25, -0.2) is 13.4 Å². The van der Waals surface area contributed by atoms with Gasteiger partial charge in [-0.2, -0.15) is 0 Å². The van der Waals surface area contributed by atoms with Crippen molar-refractivity contribution in [3.05, 3.63) is 30.1 Å². The van der Waals surface area contributed by atoms with Crippen molar-refractivity contribution in [1.82, 2.24) is 15.3 Å². The number of nitrogens with one attached hydrogen (secondary N) is 2. The fraction of sp³-hybridized carbons (Fsp3) is 0.385. The number of aromatic nitrogens is 2. The molecule has 0 aromatic carbocycles. The summed E-state index contributed by atoms with van der Waals surface area (Å²) in [6.07, 6.45) is 4.18. The number of carbonyl (C=O) groups excluding carboxylic acids is 1. The van der Waals surface area contributed by atoms with E-state index in [2.05, 4.69) is 15.3 Å². The number of nitrogens with zero attached hydrogens (tertiary/aromatic N) is 1. The Bertz CT molecular complexity index is 751. The molecule has 0 bridgehead atoms. The van der Waals surface area contributed by atoms with E-state index in [9.17, 15) is 13.2 Å². The smallest absolute Gasteiger partial charge is 0.224 e. The largest absolute Gasteiger partial charge is 0.352 e. The van der Waals surface area contributed by atoms with Crippen molar-refractivity contribution in [2.45, 2.75) is 18.9 Å². The van der Waals surface area contributed by atoms with E-state index in [1.807, 2.05) is 12.1 Å². The van der Waals surface area contributed by atoms with Crippen LogP contribution in [0.1, 0.15) is 12.0 Å². The molecule has 6 nitrogen and oxygen atoms in total. The summed E-state index contributed by atoms with van der Waals surface area (Å²) in [5.74, 6) is 0.0557. The molecule has 2 aromatic rings. The highest BCUT2D eigenvalue weighted by Gasteiger charge is 2.28. The second-order valence-corrected chi connectivity index (χ2v) is 7.29. The highest BCUT2D eigenvalue weighted by Crippen LogP contribution is 2.17. The van der Waals surface area contributed by atoms with E-state index in [0.717, 1.165) is 16.6 Å². The Balaban J connectivity index is 1.67. The fourth-order valence-corrected chi connectivity index (χ4v) is 4.19. The number of amides is 1. The number of carbonyl (C=O) groups is 1. The number of aromatic amines is 1. The van der Waals surface area contributed by atoms with Gasteiger partial charge in [0.2, 0.25) is 5.91 Å². The molecule has 0 spiro atoms. The van der Waals surface area contributed by atoms with Gasteiger partial charge in [-0.15, -0.1) is 0 Å². The Hall–Kier alpha value is -1.89. The van der Waals surface area contributed by atoms with Gasteiger partial charge in [-0.3, -0.25) is 4.79 Å². The number of hydrogen-bond donors (Lipinski definition) is 2. The summed E-state index contributed by atoms with van der Waals surface area (Å²) in [6, 6.07) is 3.47. The SMILES string of the molecule is O=C(Cc1c[nH]c2ncccc12)NC1CCS(=O)(=O)C1. The number of rotatable bonds is 3. The number of H-pyrrole nitrogens is 1. The predicted molar refractivity (Wildman–Crippen MR) is 75.0 cm³/mol. The third-order valence-electron chi connectivity index (χ3n) is 3.49. The highest BCUT2D eigenvalue weighted by atomic mass is 32.2. The summed E-state index contributed by atoms with van der Waals surface area (Å²) in [6.45, 7) is 0. The third kappa shape index (κ3) is 2.67. The summed E-state index contributed by atoms with van der Waals surface area (Å²) in [7, 11) is -2.97. The monoisotopic (exact) mass is 293 g/mol. The standard InChI is InChI=1S/C13H15N3O3S/c17-12(16-10-3-5-20(18,19)8-10)6-9-7-15-13-11(9)2-1-4-14-13/h1-2,4,7,10H,3,5-6,8H2,(H,14,15)(H,16,17). The second-order valence-electron chi connectivity index (χ2n) is 5.06. The molecular formula is C13H15N3O3S. The Kier molecular flexibility index (Phi) is 3.21. The highest BCUT2D eigenvalue weighted by molar-refractivity contribution is 7.91. The minimum Gasteiger partial charge on any atom is -0.352 e. The van der Waals surface area contributed by atoms with Crippen molar-refractivity contribution in [2.75, 3.05) is 11.5 Å². The molecule has 3 rings (SSSR count). The van der Waals surface area contributed by atoms with Crippen LogP contribution in [0.3, 0.4) is 0 Å². The lowest BCUT2D eigenvalue weighted by Crippen LogP contribution is -2.36. The molecule has 7 heteroatoms. The molecule has 0 aliphatic carbocycles. The minimum absolute atomic E-state index is 0.0498. The number of fused-ring (bicyclic) bond motifs is 1. The van der Waals surface area contributed by atoms with Crippen LogP contribution in [0.4, 0.5) is 0 Å². The van der Waals surface area contributed by atoms with Crippen LogP contribution in [0.5, 0.6) is 0 Å². The molecule has 1 aliphatic rings. The molecule has 1 aliphatic heterocycles. The van der Waals surface area contributed by atoms with Gasteiger partial charge in [0.25, 0.3) is 0 Å². The molecule has 1 amide bonds. The number of hydrogen-bond acceptors (Lipinski definition) is 4. The Morgan fingerprint density at radius 3 is 3.10 bits per heavy atom. The van der Waals surface area contributed by atoms with Gasteiger partial charge < -0.3 is 10.3 Å². The minimum atomic E-state index is -2.97. The maximum Gasteiger partial charge on any atom is 0.224 e. The molecule has 1 atom stereocenters. The van der Waals surface area contributed by atoms with E-state index in [1.54, 1.807) is 12.4 Å². The van der Waals surface area contributed by atoms with Gasteiger partial charge >= 0.3 is 0 Å². The topological polar surface area (TPSA) is 91.9 Å². The van der Waals surface area contributed by atoms with Crippen LogP contribution in [0, 0.1) is 0 Å². The van der Waals surface area contributed by atoms with Gasteiger partial charge in [0.05, 0.1) is 17.9 Å². The predicted octanol–water partition coefficient (Wildman–Crippen LogP) is 0.409. The Morgan fingerprint density at radius 2 is 2.35 bits per heavy atom. The molecule has 1 fully saturated rings. The molecule has 2 N–H and O–H groups in total. The summed E-state index contributed by atoms with van der Waals surface area (Å²) in [5, 5.41) is 3.70. The molecule has 0 radical (unpaired) electrons. The summed E-state index contributed by atoms with van der Waals surface area (Å²) >= 11 is 0. The van der Waals surface area contributed by atoms with Gasteiger partial charge in [0.15, 0.2) is 9.84 Å². The third-order valence-corrected chi connectivity index (χ3v) is 5.25. The lowest BCUT2D eigenvalue weighted by atomic mass is 10.1. The van der Waals surface area contributed by atoms with Crippen molar-refractivity contribution in [3.8, 4) is 0 Å². The molecule has 20 heavy (non-hydrogen) atoms. The van der Waals surface area contributed by atoms with Crippen LogP contribution in [0.25, 0.3) is 11.0 Å². The van der Waals surface area contributed by atoms with Gasteiger partial charge in [0.1, 0.15) is 5.65 Å². The number of sulfone groups is 1. The van der Waals surface area contributed by atoms with E-state index in [4.69, 9.17) is 0 Å². The zero-order valence-electron chi connectivity index (χ0n) is 10.8. The molecule has 2 aromatic heterocycles. The lowest BCUT2D eigenvalue weighted by molar-refractivity contribution is -0.120. The van der Waals surface area contributed by atoms with E-state index in [-0.39, 0.29) is 29.9 Å². The first-order valence-corrected chi connectivity index (χ1v) is 8.26. The van der Waals surface area contributed by atoms with E-state index >= 15 is 0 Å². The van der Waals surface area contributed by atoms with Crippen molar-refractivity contribution < 1.29 is 13.2 Å². The molecule has 1 unspecified atom stereocenters. The van der Waals surface area contributed by atoms with Crippen LogP contribution >= 0.6 is 0 Å². The zero-order chi connectivity index (χ0) is 14.2. The molecule has 0 saturated carbocycles. The van der Waals surface area contributed by atoms with Crippen molar-refractivity contribution in [3.63, 3.8) is 0 Å². The van der Waals surface area contributed by atoms with Crippen LogP contribution < -0.4 is 5.32 Å². The normalized spacial score (nSPS) is 21.1. The average Bonchev–Trinajstić information content (AvgIpc) is 2.94. The van der Waals surface area contributed by atoms with Gasteiger partial charge in [0, 0.05) is 23.8 Å². The maximum absolute atomic E-state index is 12.0. The molecule has 3 heterocycles. The Labute approximate surface area is 116 Å². The van der Waals surface area contributed by atoms with Gasteiger partial charge in [-0.05, 0) is 24.1 Å². The van der Waals surface area contributed by atoms with E-state index in [1.165, 1.54) is 0 Å². The summed E-state index contributed by atoms with van der Waals surface area (Å²) < 4.78 is 22.7. The Morgan fingerprint density at radius 1 is 1.50 bits per heavy atom. The second kappa shape index (κ2) is 4.90. The first-order valence-electron chi connectivity index (χ1n) is 6.44. The van der Waals surface area contributed by atoms with Crippen LogP contribution in [0.15, 0.2) is 24.5 Å². The quantitative estimate of drug-likeness (QED) is 0.857. The van der Waals surface area contributed by atoms with Crippen molar-refractivity contribution in [2.24, 2.45) is 0 Å². The fourth-order valence-electron chi connectivity index (χ4n) is 2.52. The van der Waals surface area contributed by atoms with E-state index < -0.39 is 9.84 Å². The van der Waals surface area contributed by atoms with Crippen LogP contribution in [-0.4, -0.2) is 41.8 Å². The zero-order valence-corrected chi connectivity index (χ0v) is 11.6. The molecule has 1 saturated heterocycles. The summed E-state index contributed by atoms with van der Waals surface area (Å²) in [4.78, 5) is 19.2. The van der Waals surface area contributed by atoms with E-state index in [0.29, 0.717) is 6.42 Å². The van der Waals surface area contributed by atoms with Crippen LogP contribution in [-0.2, 0) is 21.1 Å². The first-order chi connectivity index (χ1) is 9.53. The van der Waals surface area contributed by atoms with Gasteiger partial charge in [-0.1, -0.05) is 0 Å². The lowest BCUT2D eigenvalue weighted by Gasteiger charge is -2.10. The first kappa shape index (κ1) is 13.1. The summed E-state index contributed by atoms with van der Waals surface area (Å²) in [5.41, 5.74) is 1.62. The van der Waals surface area contributed by atoms with Crippen LogP contribution in [0.2, 0.25) is 0 Å². The maximum atomic E-state index is 12.0. The molecular weight excluding hydrogens is 278 g/mol. The average molecular weight is 293 g/mol.